The van der Waals surface area contributed by atoms with Crippen molar-refractivity contribution in [2.45, 2.75) is 51.0 Å². The molecule has 0 saturated carbocycles. The van der Waals surface area contributed by atoms with Gasteiger partial charge in [0.15, 0.2) is 5.82 Å². The number of nitrogens with zero attached hydrogens (tertiary/aromatic N) is 4. The van der Waals surface area contributed by atoms with Crippen LogP contribution in [0.3, 0.4) is 0 Å². The molecule has 0 aliphatic heterocycles. The number of nitrogens with one attached hydrogen (secondary N) is 1. The van der Waals surface area contributed by atoms with Crippen LogP contribution in [0.4, 0.5) is 11.6 Å². The summed E-state index contributed by atoms with van der Waals surface area (Å²) in [4.78, 5) is 4.42. The Kier molecular flexibility index (Phi) is 5.79. The molecule has 2 aromatic heterocycles. The molecule has 0 fully saturated rings. The number of halogens is 1. The number of nitrogen functional groups attached to an aromatic ring is 1. The molecule has 0 unspecified atom stereocenters. The van der Waals surface area contributed by atoms with Gasteiger partial charge in [0, 0.05) is 12.2 Å². The van der Waals surface area contributed by atoms with Crippen LogP contribution in [0.15, 0.2) is 41.4 Å². The van der Waals surface area contributed by atoms with Crippen molar-refractivity contribution in [2.24, 2.45) is 0 Å². The fourth-order valence-electron chi connectivity index (χ4n) is 3.01. The van der Waals surface area contributed by atoms with Gasteiger partial charge in [-0.05, 0) is 43.0 Å². The van der Waals surface area contributed by atoms with Crippen molar-refractivity contribution in [3.05, 3.63) is 47.1 Å². The van der Waals surface area contributed by atoms with Crippen molar-refractivity contribution < 1.29 is 8.42 Å². The average Bonchev–Trinajstić information content (AvgIpc) is 3.02. The Labute approximate surface area is 181 Å². The highest BCUT2D eigenvalue weighted by atomic mass is 35.5. The lowest BCUT2D eigenvalue weighted by atomic mass is 9.87. The summed E-state index contributed by atoms with van der Waals surface area (Å²) in [5.41, 5.74) is 7.35. The minimum Gasteiger partial charge on any atom is -0.368 e. The van der Waals surface area contributed by atoms with Crippen LogP contribution in [-0.2, 0) is 15.4 Å². The number of pyridine rings is 1. The Morgan fingerprint density at radius 2 is 1.77 bits per heavy atom. The molecule has 3 aromatic rings. The van der Waals surface area contributed by atoms with Gasteiger partial charge in [-0.1, -0.05) is 44.5 Å². The fraction of sp³-hybridized carbons (Fsp3) is 0.350. The van der Waals surface area contributed by atoms with Gasteiger partial charge in [-0.15, -0.1) is 10.2 Å². The van der Waals surface area contributed by atoms with Gasteiger partial charge in [-0.2, -0.15) is 0 Å². The number of rotatable bonds is 5. The number of aromatic nitrogens is 4. The summed E-state index contributed by atoms with van der Waals surface area (Å²) in [6.07, 6.45) is 1.42. The average molecular weight is 449 g/mol. The lowest BCUT2D eigenvalue weighted by Gasteiger charge is -2.19. The molecule has 2 heterocycles. The number of anilines is 2. The van der Waals surface area contributed by atoms with E-state index in [1.54, 1.807) is 16.7 Å². The number of sulfonamides is 1. The maximum absolute atomic E-state index is 13.0. The Bertz CT molecular complexity index is 1160. The van der Waals surface area contributed by atoms with E-state index in [1.807, 2.05) is 26.0 Å². The van der Waals surface area contributed by atoms with Gasteiger partial charge >= 0.3 is 0 Å². The smallest absolute Gasteiger partial charge is 0.261 e. The number of hydrogen-bond donors (Lipinski definition) is 2. The third-order valence-electron chi connectivity index (χ3n) is 4.58. The first-order valence-corrected chi connectivity index (χ1v) is 11.3. The number of nitrogens with two attached hydrogens (primary N) is 1. The van der Waals surface area contributed by atoms with E-state index in [1.165, 1.54) is 12.3 Å². The van der Waals surface area contributed by atoms with Crippen molar-refractivity contribution in [3.8, 4) is 11.5 Å². The molecule has 10 heteroatoms. The molecule has 0 spiro atoms. The van der Waals surface area contributed by atoms with Crippen LogP contribution in [0.25, 0.3) is 11.5 Å². The molecule has 3 rings (SSSR count). The van der Waals surface area contributed by atoms with Crippen LogP contribution in [0.5, 0.6) is 0 Å². The van der Waals surface area contributed by atoms with E-state index >= 15 is 0 Å². The van der Waals surface area contributed by atoms with E-state index in [0.717, 1.165) is 5.56 Å². The van der Waals surface area contributed by atoms with E-state index in [-0.39, 0.29) is 38.7 Å². The first-order valence-electron chi connectivity index (χ1n) is 9.40. The highest BCUT2D eigenvalue weighted by molar-refractivity contribution is 7.92. The molecule has 0 radical (unpaired) electrons. The summed E-state index contributed by atoms with van der Waals surface area (Å²) in [5, 5.41) is 8.27. The zero-order valence-electron chi connectivity index (χ0n) is 17.5. The van der Waals surface area contributed by atoms with Gasteiger partial charge in [-0.25, -0.2) is 13.4 Å². The normalized spacial score (nSPS) is 12.4. The van der Waals surface area contributed by atoms with Crippen LogP contribution < -0.4 is 10.5 Å². The maximum atomic E-state index is 13.0. The van der Waals surface area contributed by atoms with Crippen molar-refractivity contribution in [1.82, 2.24) is 19.7 Å². The number of benzene rings is 1. The van der Waals surface area contributed by atoms with E-state index in [9.17, 15) is 8.42 Å². The summed E-state index contributed by atoms with van der Waals surface area (Å²) < 4.78 is 30.3. The third-order valence-corrected chi connectivity index (χ3v) is 6.17. The Hall–Kier alpha value is -2.65. The Morgan fingerprint density at radius 1 is 1.13 bits per heavy atom. The lowest BCUT2D eigenvalue weighted by molar-refractivity contribution is 0.587. The second kappa shape index (κ2) is 7.88. The highest BCUT2D eigenvalue weighted by Gasteiger charge is 2.23. The van der Waals surface area contributed by atoms with Gasteiger partial charge in [-0.3, -0.25) is 9.29 Å². The van der Waals surface area contributed by atoms with Crippen LogP contribution in [0.2, 0.25) is 5.02 Å². The quantitative estimate of drug-likeness (QED) is 0.602. The monoisotopic (exact) mass is 448 g/mol. The molecular formula is C20H25ClN6O2S. The molecule has 0 bridgehead atoms. The third kappa shape index (κ3) is 4.41. The zero-order valence-corrected chi connectivity index (χ0v) is 19.1. The van der Waals surface area contributed by atoms with Crippen LogP contribution in [0.1, 0.15) is 46.2 Å². The molecule has 0 aliphatic carbocycles. The molecule has 1 aromatic carbocycles. The molecule has 3 N–H and O–H groups in total. The lowest BCUT2D eigenvalue weighted by Crippen LogP contribution is -2.16. The van der Waals surface area contributed by atoms with Gasteiger partial charge in [0.05, 0.1) is 15.6 Å². The fourth-order valence-corrected chi connectivity index (χ4v) is 4.22. The predicted molar refractivity (Wildman–Crippen MR) is 119 cm³/mol. The van der Waals surface area contributed by atoms with Crippen molar-refractivity contribution in [1.29, 1.82) is 0 Å². The second-order valence-electron chi connectivity index (χ2n) is 8.28. The summed E-state index contributed by atoms with van der Waals surface area (Å²) >= 11 is 6.09. The minimum absolute atomic E-state index is 0.0538. The Balaban J connectivity index is 2.04. The standard InChI is InChI=1S/C20H25ClN6O2S/c1-12(2)27-18(24-25-19(27)22)17-16(10-14(21)11-23-17)26-30(28,29)15-8-6-13(7-9-15)20(3,4)5/h6-12,26H,1-5H3,(H2,22,25). The van der Waals surface area contributed by atoms with Crippen molar-refractivity contribution in [3.63, 3.8) is 0 Å². The predicted octanol–water partition coefficient (Wildman–Crippen LogP) is 4.25. The van der Waals surface area contributed by atoms with Crippen molar-refractivity contribution in [2.75, 3.05) is 10.5 Å². The maximum Gasteiger partial charge on any atom is 0.261 e. The van der Waals surface area contributed by atoms with E-state index in [2.05, 4.69) is 40.7 Å². The zero-order chi connectivity index (χ0) is 22.3. The second-order valence-corrected chi connectivity index (χ2v) is 10.4. The first kappa shape index (κ1) is 22.0. The molecule has 160 valence electrons. The summed E-state index contributed by atoms with van der Waals surface area (Å²) in [7, 11) is -3.89. The number of hydrogen-bond acceptors (Lipinski definition) is 6. The van der Waals surface area contributed by atoms with E-state index < -0.39 is 10.0 Å². The van der Waals surface area contributed by atoms with Gasteiger partial charge in [0.1, 0.15) is 5.69 Å². The molecule has 0 aliphatic rings. The first-order chi connectivity index (χ1) is 13.9. The minimum atomic E-state index is -3.89. The summed E-state index contributed by atoms with van der Waals surface area (Å²) in [5.74, 6) is 0.559. The summed E-state index contributed by atoms with van der Waals surface area (Å²) in [6.45, 7) is 10.0. The molecule has 0 saturated heterocycles. The molecular weight excluding hydrogens is 424 g/mol. The molecule has 0 atom stereocenters. The van der Waals surface area contributed by atoms with Crippen LogP contribution in [-0.4, -0.2) is 28.2 Å². The molecule has 0 amide bonds. The largest absolute Gasteiger partial charge is 0.368 e. The summed E-state index contributed by atoms with van der Waals surface area (Å²) in [6, 6.07) is 8.20. The van der Waals surface area contributed by atoms with E-state index in [4.69, 9.17) is 17.3 Å². The highest BCUT2D eigenvalue weighted by Crippen LogP contribution is 2.32. The van der Waals surface area contributed by atoms with E-state index in [0.29, 0.717) is 5.82 Å². The Morgan fingerprint density at radius 3 is 2.33 bits per heavy atom. The topological polar surface area (TPSA) is 116 Å². The van der Waals surface area contributed by atoms with Gasteiger partial charge < -0.3 is 5.73 Å². The van der Waals surface area contributed by atoms with Gasteiger partial charge in [0.2, 0.25) is 5.95 Å². The van der Waals surface area contributed by atoms with Crippen LogP contribution >= 0.6 is 11.6 Å². The molecule has 30 heavy (non-hydrogen) atoms. The van der Waals surface area contributed by atoms with Crippen LogP contribution in [0, 0.1) is 0 Å². The van der Waals surface area contributed by atoms with Gasteiger partial charge in [0.25, 0.3) is 10.0 Å². The molecule has 8 nitrogen and oxygen atoms in total. The van der Waals surface area contributed by atoms with Crippen molar-refractivity contribution >= 4 is 33.3 Å². The SMILES string of the molecule is CC(C)n1c(N)nnc1-c1ncc(Cl)cc1NS(=O)(=O)c1ccc(C(C)(C)C)cc1.